The number of halogens is 2. The van der Waals surface area contributed by atoms with Crippen molar-refractivity contribution in [3.63, 3.8) is 0 Å². The molecule has 0 saturated heterocycles. The molecular weight excluding hydrogens is 325 g/mol. The highest BCUT2D eigenvalue weighted by Gasteiger charge is 2.15. The van der Waals surface area contributed by atoms with E-state index in [1.807, 2.05) is 30.3 Å². The second kappa shape index (κ2) is 8.06. The monoisotopic (exact) mass is 339 g/mol. The van der Waals surface area contributed by atoms with Crippen molar-refractivity contribution in [3.05, 3.63) is 70.5 Å². The maximum absolute atomic E-state index is 13.6. The van der Waals surface area contributed by atoms with Gasteiger partial charge in [-0.25, -0.2) is 4.39 Å². The number of hydrogen-bond acceptors (Lipinski definition) is 2. The van der Waals surface area contributed by atoms with Gasteiger partial charge in [0.2, 0.25) is 0 Å². The molecule has 2 aromatic rings. The van der Waals surface area contributed by atoms with Gasteiger partial charge in [0, 0.05) is 28.9 Å². The standard InChI is InChI=1S/C16H15ClFNO2S/c17-13-7-4-8-14(18)15(13)16(20)19-9-10-22(21)11-12-5-2-1-3-6-12/h1-8H,9-11H2,(H,19,20)/t22-/m0/s1. The van der Waals surface area contributed by atoms with Crippen LogP contribution in [-0.4, -0.2) is 22.4 Å². The third-order valence-electron chi connectivity index (χ3n) is 2.98. The summed E-state index contributed by atoms with van der Waals surface area (Å²) in [6.07, 6.45) is 0. The summed E-state index contributed by atoms with van der Waals surface area (Å²) in [5.74, 6) is -0.542. The summed E-state index contributed by atoms with van der Waals surface area (Å²) in [6.45, 7) is 0.197. The molecule has 0 spiro atoms. The molecule has 0 aromatic heterocycles. The molecule has 3 nitrogen and oxygen atoms in total. The third-order valence-corrected chi connectivity index (χ3v) is 4.61. The second-order valence-electron chi connectivity index (χ2n) is 4.63. The maximum atomic E-state index is 13.6. The van der Waals surface area contributed by atoms with Gasteiger partial charge < -0.3 is 5.32 Å². The minimum Gasteiger partial charge on any atom is -0.351 e. The van der Waals surface area contributed by atoms with Crippen molar-refractivity contribution in [2.24, 2.45) is 0 Å². The first-order valence-corrected chi connectivity index (χ1v) is 8.55. The zero-order valence-corrected chi connectivity index (χ0v) is 13.3. The first-order valence-electron chi connectivity index (χ1n) is 6.69. The Bertz CT molecular complexity index is 659. The lowest BCUT2D eigenvalue weighted by Crippen LogP contribution is -2.29. The Hall–Kier alpha value is -1.72. The molecule has 2 aromatic carbocycles. The summed E-state index contributed by atoms with van der Waals surface area (Å²) in [4.78, 5) is 11.9. The van der Waals surface area contributed by atoms with Gasteiger partial charge in [-0.2, -0.15) is 0 Å². The van der Waals surface area contributed by atoms with E-state index in [1.54, 1.807) is 0 Å². The highest BCUT2D eigenvalue weighted by atomic mass is 35.5. The molecule has 0 aliphatic heterocycles. The van der Waals surface area contributed by atoms with Crippen LogP contribution in [0.3, 0.4) is 0 Å². The minimum atomic E-state index is -1.10. The normalized spacial score (nSPS) is 11.9. The number of benzene rings is 2. The molecule has 116 valence electrons. The van der Waals surface area contributed by atoms with Gasteiger partial charge in [-0.05, 0) is 17.7 Å². The highest BCUT2D eigenvalue weighted by Crippen LogP contribution is 2.18. The Labute approximate surface area is 136 Å². The predicted molar refractivity (Wildman–Crippen MR) is 86.9 cm³/mol. The van der Waals surface area contributed by atoms with E-state index in [2.05, 4.69) is 5.32 Å². The fourth-order valence-corrected chi connectivity index (χ4v) is 3.20. The van der Waals surface area contributed by atoms with E-state index >= 15 is 0 Å². The largest absolute Gasteiger partial charge is 0.351 e. The quantitative estimate of drug-likeness (QED) is 0.878. The van der Waals surface area contributed by atoms with Crippen molar-refractivity contribution in [1.29, 1.82) is 0 Å². The van der Waals surface area contributed by atoms with Gasteiger partial charge in [0.15, 0.2) is 0 Å². The van der Waals surface area contributed by atoms with Gasteiger partial charge in [-0.15, -0.1) is 0 Å². The molecule has 0 fully saturated rings. The number of carbonyl (C=O) groups is 1. The third kappa shape index (κ3) is 4.64. The number of amides is 1. The van der Waals surface area contributed by atoms with Crippen LogP contribution in [0, 0.1) is 5.82 Å². The predicted octanol–water partition coefficient (Wildman–Crippen LogP) is 3.16. The number of nitrogens with one attached hydrogen (secondary N) is 1. The molecule has 2 rings (SSSR count). The molecule has 0 heterocycles. The van der Waals surface area contributed by atoms with Crippen LogP contribution in [0.15, 0.2) is 48.5 Å². The fourth-order valence-electron chi connectivity index (χ4n) is 1.91. The Kier molecular flexibility index (Phi) is 6.10. The Morgan fingerprint density at radius 1 is 1.14 bits per heavy atom. The topological polar surface area (TPSA) is 46.2 Å². The van der Waals surface area contributed by atoms with E-state index in [9.17, 15) is 13.4 Å². The van der Waals surface area contributed by atoms with Crippen molar-refractivity contribution >= 4 is 28.3 Å². The summed E-state index contributed by atoms with van der Waals surface area (Å²) in [5, 5.41) is 2.60. The number of carbonyl (C=O) groups excluding carboxylic acids is 1. The zero-order chi connectivity index (χ0) is 15.9. The molecule has 6 heteroatoms. The SMILES string of the molecule is O=C(NCC[S@](=O)Cc1ccccc1)c1c(F)cccc1Cl. The lowest BCUT2D eigenvalue weighted by Gasteiger charge is -2.08. The Morgan fingerprint density at radius 2 is 1.86 bits per heavy atom. The molecular formula is C16H15ClFNO2S. The van der Waals surface area contributed by atoms with Gasteiger partial charge in [0.1, 0.15) is 5.82 Å². The number of rotatable bonds is 6. The zero-order valence-electron chi connectivity index (χ0n) is 11.7. The van der Waals surface area contributed by atoms with E-state index in [0.29, 0.717) is 11.5 Å². The van der Waals surface area contributed by atoms with E-state index in [0.717, 1.165) is 5.56 Å². The average Bonchev–Trinajstić information content (AvgIpc) is 2.48. The van der Waals surface area contributed by atoms with Crippen LogP contribution >= 0.6 is 11.6 Å². The molecule has 1 atom stereocenters. The first-order chi connectivity index (χ1) is 10.6. The molecule has 0 bridgehead atoms. The lowest BCUT2D eigenvalue weighted by molar-refractivity contribution is 0.0952. The van der Waals surface area contributed by atoms with Gasteiger partial charge in [0.25, 0.3) is 5.91 Å². The van der Waals surface area contributed by atoms with Crippen molar-refractivity contribution in [1.82, 2.24) is 5.32 Å². The smallest absolute Gasteiger partial charge is 0.255 e. The van der Waals surface area contributed by atoms with E-state index < -0.39 is 22.5 Å². The maximum Gasteiger partial charge on any atom is 0.255 e. The summed E-state index contributed by atoms with van der Waals surface area (Å²) in [5.41, 5.74) is 0.794. The van der Waals surface area contributed by atoms with Crippen LogP contribution < -0.4 is 5.32 Å². The van der Waals surface area contributed by atoms with Crippen LogP contribution in [0.4, 0.5) is 4.39 Å². The molecule has 1 N–H and O–H groups in total. The van der Waals surface area contributed by atoms with Gasteiger partial charge in [-0.1, -0.05) is 48.0 Å². The molecule has 1 amide bonds. The molecule has 0 unspecified atom stereocenters. The van der Waals surface area contributed by atoms with Crippen LogP contribution in [0.25, 0.3) is 0 Å². The van der Waals surface area contributed by atoms with E-state index in [-0.39, 0.29) is 17.1 Å². The van der Waals surface area contributed by atoms with E-state index in [4.69, 9.17) is 11.6 Å². The summed E-state index contributed by atoms with van der Waals surface area (Å²) in [7, 11) is -1.10. The molecule has 0 radical (unpaired) electrons. The summed E-state index contributed by atoms with van der Waals surface area (Å²) in [6, 6.07) is 13.5. The Balaban J connectivity index is 1.83. The fraction of sp³-hybridized carbons (Fsp3) is 0.188. The van der Waals surface area contributed by atoms with Crippen LogP contribution in [0.1, 0.15) is 15.9 Å². The van der Waals surface area contributed by atoms with Gasteiger partial charge >= 0.3 is 0 Å². The van der Waals surface area contributed by atoms with E-state index in [1.165, 1.54) is 18.2 Å². The van der Waals surface area contributed by atoms with Crippen molar-refractivity contribution < 1.29 is 13.4 Å². The highest BCUT2D eigenvalue weighted by molar-refractivity contribution is 7.84. The van der Waals surface area contributed by atoms with Crippen LogP contribution in [0.5, 0.6) is 0 Å². The molecule has 0 saturated carbocycles. The Morgan fingerprint density at radius 3 is 2.55 bits per heavy atom. The van der Waals surface area contributed by atoms with Crippen LogP contribution in [-0.2, 0) is 16.6 Å². The van der Waals surface area contributed by atoms with Crippen molar-refractivity contribution in [2.75, 3.05) is 12.3 Å². The van der Waals surface area contributed by atoms with Crippen molar-refractivity contribution in [2.45, 2.75) is 5.75 Å². The minimum absolute atomic E-state index is 0.0582. The first kappa shape index (κ1) is 16.6. The van der Waals surface area contributed by atoms with Gasteiger partial charge in [0.05, 0.1) is 10.6 Å². The van der Waals surface area contributed by atoms with Gasteiger partial charge in [-0.3, -0.25) is 9.00 Å². The summed E-state index contributed by atoms with van der Waals surface area (Å²) >= 11 is 5.81. The average molecular weight is 340 g/mol. The summed E-state index contributed by atoms with van der Waals surface area (Å²) < 4.78 is 25.5. The molecule has 0 aliphatic rings. The molecule has 22 heavy (non-hydrogen) atoms. The second-order valence-corrected chi connectivity index (χ2v) is 6.61. The van der Waals surface area contributed by atoms with Crippen LogP contribution in [0.2, 0.25) is 5.02 Å². The molecule has 0 aliphatic carbocycles. The number of hydrogen-bond donors (Lipinski definition) is 1. The lowest BCUT2D eigenvalue weighted by atomic mass is 10.2. The van der Waals surface area contributed by atoms with Crippen molar-refractivity contribution in [3.8, 4) is 0 Å².